The first-order chi connectivity index (χ1) is 9.86. The molecule has 2 N–H and O–H groups in total. The highest BCUT2D eigenvalue weighted by Crippen LogP contribution is 2.22. The molecule has 1 aromatic carbocycles. The Kier molecular flexibility index (Phi) is 4.64. The quantitative estimate of drug-likeness (QED) is 0.863. The van der Waals surface area contributed by atoms with Crippen LogP contribution in [0.15, 0.2) is 38.5 Å². The third-order valence-corrected chi connectivity index (χ3v) is 3.56. The number of rotatable bonds is 3. The van der Waals surface area contributed by atoms with Crippen molar-refractivity contribution in [3.05, 3.63) is 60.3 Å². The molecule has 21 heavy (non-hydrogen) atoms. The minimum atomic E-state index is -0.659. The Morgan fingerprint density at radius 2 is 2.14 bits per heavy atom. The van der Waals surface area contributed by atoms with Gasteiger partial charge in [-0.25, -0.2) is 4.79 Å². The number of carbonyl (C=O) groups excluding carboxylic acids is 1. The number of hydrogen-bond acceptors (Lipinski definition) is 3. The highest BCUT2D eigenvalue weighted by molar-refractivity contribution is 9.10. The third kappa shape index (κ3) is 3.83. The molecule has 0 radical (unpaired) electrons. The monoisotopic (exact) mass is 371 g/mol. The van der Waals surface area contributed by atoms with Crippen LogP contribution in [0.4, 0.5) is 5.69 Å². The topological polar surface area (TPSA) is 84.0 Å². The van der Waals surface area contributed by atoms with E-state index in [0.717, 1.165) is 10.1 Å². The van der Waals surface area contributed by atoms with Gasteiger partial charge in [0.1, 0.15) is 6.54 Å². The number of amides is 1. The molecule has 0 atom stereocenters. The molecular weight excluding hydrogens is 362 g/mol. The number of nitrogens with one attached hydrogen (secondary N) is 2. The van der Waals surface area contributed by atoms with E-state index >= 15 is 0 Å². The van der Waals surface area contributed by atoms with E-state index < -0.39 is 17.2 Å². The molecule has 110 valence electrons. The van der Waals surface area contributed by atoms with E-state index in [0.29, 0.717) is 10.7 Å². The van der Waals surface area contributed by atoms with Gasteiger partial charge in [0.15, 0.2) is 0 Å². The van der Waals surface area contributed by atoms with Crippen molar-refractivity contribution in [2.75, 3.05) is 5.32 Å². The van der Waals surface area contributed by atoms with E-state index in [-0.39, 0.29) is 11.0 Å². The molecule has 0 bridgehead atoms. The molecule has 2 rings (SSSR count). The average Bonchev–Trinajstić information content (AvgIpc) is 2.39. The summed E-state index contributed by atoms with van der Waals surface area (Å²) in [4.78, 5) is 36.8. The second-order valence-corrected chi connectivity index (χ2v) is 5.66. The summed E-state index contributed by atoms with van der Waals surface area (Å²) in [6.45, 7) is 1.65. The summed E-state index contributed by atoms with van der Waals surface area (Å²) in [6.07, 6.45) is 1.26. The van der Waals surface area contributed by atoms with E-state index in [9.17, 15) is 14.4 Å². The summed E-state index contributed by atoms with van der Waals surface area (Å²) >= 11 is 9.02. The second kappa shape index (κ2) is 6.28. The normalized spacial score (nSPS) is 10.4. The molecule has 0 aliphatic carbocycles. The lowest BCUT2D eigenvalue weighted by Crippen LogP contribution is -2.33. The van der Waals surface area contributed by atoms with Gasteiger partial charge in [-0.15, -0.1) is 0 Å². The molecule has 0 fully saturated rings. The Hall–Kier alpha value is -1.86. The first-order valence-corrected chi connectivity index (χ1v) is 7.09. The molecule has 8 heteroatoms. The number of benzene rings is 1. The number of aromatic nitrogens is 2. The summed E-state index contributed by atoms with van der Waals surface area (Å²) in [7, 11) is 0. The van der Waals surface area contributed by atoms with Crippen LogP contribution in [0, 0.1) is 6.92 Å². The molecule has 0 unspecified atom stereocenters. The van der Waals surface area contributed by atoms with E-state index in [2.05, 4.69) is 26.2 Å². The van der Waals surface area contributed by atoms with Gasteiger partial charge in [0.05, 0.1) is 15.2 Å². The Labute approximate surface area is 132 Å². The number of nitrogens with zero attached hydrogens (tertiary/aromatic N) is 1. The lowest BCUT2D eigenvalue weighted by Gasteiger charge is -2.09. The summed E-state index contributed by atoms with van der Waals surface area (Å²) in [5.41, 5.74) is 0.231. The smallest absolute Gasteiger partial charge is 0.323 e. The SMILES string of the molecule is Cc1ccc(NC(=O)Cn2cc(Br)c(=O)[nH]c2=O)c(Cl)c1. The van der Waals surface area contributed by atoms with Crippen molar-refractivity contribution >= 4 is 39.1 Å². The average molecular weight is 373 g/mol. The first kappa shape index (κ1) is 15.5. The van der Waals surface area contributed by atoms with E-state index in [1.165, 1.54) is 6.20 Å². The maximum Gasteiger partial charge on any atom is 0.328 e. The van der Waals surface area contributed by atoms with Gasteiger partial charge in [0, 0.05) is 6.20 Å². The Morgan fingerprint density at radius 3 is 2.81 bits per heavy atom. The minimum Gasteiger partial charge on any atom is -0.323 e. The van der Waals surface area contributed by atoms with Crippen molar-refractivity contribution in [2.45, 2.75) is 13.5 Å². The van der Waals surface area contributed by atoms with Gasteiger partial charge >= 0.3 is 5.69 Å². The minimum absolute atomic E-state index is 0.170. The highest BCUT2D eigenvalue weighted by atomic mass is 79.9. The number of aryl methyl sites for hydroxylation is 1. The summed E-state index contributed by atoms with van der Waals surface area (Å²) < 4.78 is 1.26. The standard InChI is InChI=1S/C13H11BrClN3O3/c1-7-2-3-10(9(15)4-7)16-11(19)6-18-5-8(14)12(20)17-13(18)21/h2-5H,6H2,1H3,(H,16,19)(H,17,20,21). The lowest BCUT2D eigenvalue weighted by atomic mass is 10.2. The predicted octanol–water partition coefficient (Wildman–Crippen LogP) is 1.90. The van der Waals surface area contributed by atoms with Crippen molar-refractivity contribution in [1.29, 1.82) is 0 Å². The fraction of sp³-hybridized carbons (Fsp3) is 0.154. The van der Waals surface area contributed by atoms with Crippen LogP contribution in [-0.2, 0) is 11.3 Å². The fourth-order valence-corrected chi connectivity index (χ4v) is 2.29. The van der Waals surface area contributed by atoms with Gasteiger partial charge in [0.25, 0.3) is 5.56 Å². The highest BCUT2D eigenvalue weighted by Gasteiger charge is 2.09. The first-order valence-electron chi connectivity index (χ1n) is 5.92. The second-order valence-electron chi connectivity index (χ2n) is 4.40. The number of hydrogen-bond donors (Lipinski definition) is 2. The number of aromatic amines is 1. The number of H-pyrrole nitrogens is 1. The maximum atomic E-state index is 11.9. The molecule has 0 spiro atoms. The Balaban J connectivity index is 2.17. The van der Waals surface area contributed by atoms with Crippen LogP contribution in [0.2, 0.25) is 5.02 Å². The van der Waals surface area contributed by atoms with Crippen molar-refractivity contribution in [2.24, 2.45) is 0 Å². The Morgan fingerprint density at radius 1 is 1.43 bits per heavy atom. The van der Waals surface area contributed by atoms with E-state index in [1.54, 1.807) is 12.1 Å². The van der Waals surface area contributed by atoms with Crippen molar-refractivity contribution in [3.8, 4) is 0 Å². The zero-order valence-electron chi connectivity index (χ0n) is 10.9. The molecular formula is C13H11BrClN3O3. The largest absolute Gasteiger partial charge is 0.328 e. The van der Waals surface area contributed by atoms with Crippen molar-refractivity contribution in [1.82, 2.24) is 9.55 Å². The van der Waals surface area contributed by atoms with Gasteiger partial charge in [-0.05, 0) is 40.5 Å². The fourth-order valence-electron chi connectivity index (χ4n) is 1.67. The maximum absolute atomic E-state index is 11.9. The van der Waals surface area contributed by atoms with Gasteiger partial charge in [-0.3, -0.25) is 19.1 Å². The lowest BCUT2D eigenvalue weighted by molar-refractivity contribution is -0.116. The van der Waals surface area contributed by atoms with Gasteiger partial charge in [0.2, 0.25) is 5.91 Å². The number of carbonyl (C=O) groups is 1. The molecule has 2 aromatic rings. The van der Waals surface area contributed by atoms with Gasteiger partial charge in [-0.2, -0.15) is 0 Å². The van der Waals surface area contributed by atoms with Crippen LogP contribution in [-0.4, -0.2) is 15.5 Å². The molecule has 1 amide bonds. The van der Waals surface area contributed by atoms with Crippen LogP contribution >= 0.6 is 27.5 Å². The molecule has 0 saturated carbocycles. The molecule has 0 aliphatic rings. The molecule has 1 heterocycles. The predicted molar refractivity (Wildman–Crippen MR) is 83.8 cm³/mol. The van der Waals surface area contributed by atoms with Crippen LogP contribution in [0.5, 0.6) is 0 Å². The Bertz CT molecular complexity index is 813. The molecule has 0 aliphatic heterocycles. The summed E-state index contributed by atoms with van der Waals surface area (Å²) in [6, 6.07) is 5.21. The third-order valence-electron chi connectivity index (χ3n) is 2.68. The van der Waals surface area contributed by atoms with Crippen molar-refractivity contribution < 1.29 is 4.79 Å². The van der Waals surface area contributed by atoms with Crippen LogP contribution in [0.3, 0.4) is 0 Å². The van der Waals surface area contributed by atoms with E-state index in [4.69, 9.17) is 11.6 Å². The number of halogens is 2. The number of anilines is 1. The van der Waals surface area contributed by atoms with Crippen LogP contribution in [0.25, 0.3) is 0 Å². The molecule has 0 saturated heterocycles. The zero-order chi connectivity index (χ0) is 15.6. The van der Waals surface area contributed by atoms with Gasteiger partial charge in [-0.1, -0.05) is 17.7 Å². The summed E-state index contributed by atoms with van der Waals surface area (Å²) in [5, 5.41) is 3.02. The van der Waals surface area contributed by atoms with Gasteiger partial charge < -0.3 is 5.32 Å². The van der Waals surface area contributed by atoms with Crippen LogP contribution < -0.4 is 16.6 Å². The zero-order valence-corrected chi connectivity index (χ0v) is 13.3. The van der Waals surface area contributed by atoms with Crippen molar-refractivity contribution in [3.63, 3.8) is 0 Å². The van der Waals surface area contributed by atoms with Crippen LogP contribution in [0.1, 0.15) is 5.56 Å². The molecule has 1 aromatic heterocycles. The van der Waals surface area contributed by atoms with E-state index in [1.807, 2.05) is 13.0 Å². The summed E-state index contributed by atoms with van der Waals surface area (Å²) in [5.74, 6) is -0.429. The molecule has 6 nitrogen and oxygen atoms in total.